The lowest BCUT2D eigenvalue weighted by Crippen LogP contribution is -2.55. The molecule has 1 aliphatic rings. The molecule has 142 valence electrons. The van der Waals surface area contributed by atoms with Gasteiger partial charge in [0.2, 0.25) is 5.54 Å². The zero-order chi connectivity index (χ0) is 19.8. The third-order valence-corrected chi connectivity index (χ3v) is 4.50. The number of alkyl halides is 3. The summed E-state index contributed by atoms with van der Waals surface area (Å²) in [6, 6.07) is 10.6. The van der Waals surface area contributed by atoms with Gasteiger partial charge in [-0.3, -0.25) is 9.69 Å². The molecule has 1 fully saturated rings. The van der Waals surface area contributed by atoms with Crippen LogP contribution in [-0.4, -0.2) is 30.1 Å². The number of imide groups is 1. The molecule has 0 radical (unpaired) electrons. The quantitative estimate of drug-likeness (QED) is 0.829. The molecule has 3 amide bonds. The molecule has 1 N–H and O–H groups in total. The summed E-state index contributed by atoms with van der Waals surface area (Å²) in [6.45, 7) is 1.46. The Morgan fingerprint density at radius 3 is 2.37 bits per heavy atom. The summed E-state index contributed by atoms with van der Waals surface area (Å²) in [4.78, 5) is 25.8. The van der Waals surface area contributed by atoms with Gasteiger partial charge in [-0.15, -0.1) is 0 Å². The monoisotopic (exact) mass is 378 g/mol. The minimum atomic E-state index is -5.01. The van der Waals surface area contributed by atoms with Gasteiger partial charge >= 0.3 is 12.2 Å². The number of nitrogens with zero attached hydrogens (tertiary/aromatic N) is 1. The molecular weight excluding hydrogens is 361 g/mol. The molecule has 0 spiro atoms. The number of halogens is 3. The van der Waals surface area contributed by atoms with Gasteiger partial charge in [-0.1, -0.05) is 48.0 Å². The third-order valence-electron chi connectivity index (χ3n) is 4.50. The number of hydrogen-bond donors (Lipinski definition) is 1. The van der Waals surface area contributed by atoms with Crippen LogP contribution in [0.25, 0.3) is 0 Å². The maximum atomic E-state index is 14.0. The van der Waals surface area contributed by atoms with Crippen molar-refractivity contribution in [3.05, 3.63) is 65.2 Å². The summed E-state index contributed by atoms with van der Waals surface area (Å²) in [5.74, 6) is -0.986. The average Bonchev–Trinajstić information content (AvgIpc) is 2.88. The smallest absolute Gasteiger partial charge is 0.425 e. The Morgan fingerprint density at radius 1 is 1.11 bits per heavy atom. The van der Waals surface area contributed by atoms with E-state index in [0.29, 0.717) is 16.2 Å². The van der Waals surface area contributed by atoms with Crippen molar-refractivity contribution >= 4 is 11.9 Å². The first-order chi connectivity index (χ1) is 12.7. The van der Waals surface area contributed by atoms with Crippen LogP contribution < -0.4 is 10.1 Å². The van der Waals surface area contributed by atoms with E-state index in [4.69, 9.17) is 4.74 Å². The first-order valence-corrected chi connectivity index (χ1v) is 8.10. The van der Waals surface area contributed by atoms with Crippen molar-refractivity contribution in [1.29, 1.82) is 0 Å². The lowest BCUT2D eigenvalue weighted by atomic mass is 9.89. The lowest BCUT2D eigenvalue weighted by Gasteiger charge is -2.29. The van der Waals surface area contributed by atoms with E-state index in [9.17, 15) is 22.8 Å². The molecule has 1 heterocycles. The van der Waals surface area contributed by atoms with Crippen molar-refractivity contribution in [2.75, 3.05) is 7.11 Å². The summed E-state index contributed by atoms with van der Waals surface area (Å²) >= 11 is 0. The number of aryl methyl sites for hydroxylation is 1. The number of carbonyl (C=O) groups excluding carboxylic acids is 2. The van der Waals surface area contributed by atoms with Crippen molar-refractivity contribution in [1.82, 2.24) is 10.2 Å². The number of benzene rings is 2. The minimum absolute atomic E-state index is 0.333. The topological polar surface area (TPSA) is 58.6 Å². The fraction of sp³-hybridized carbons (Fsp3) is 0.263. The molecule has 27 heavy (non-hydrogen) atoms. The zero-order valence-corrected chi connectivity index (χ0v) is 14.6. The molecule has 1 atom stereocenters. The number of hydrogen-bond acceptors (Lipinski definition) is 3. The van der Waals surface area contributed by atoms with Crippen molar-refractivity contribution in [2.24, 2.45) is 0 Å². The van der Waals surface area contributed by atoms with E-state index in [0.717, 1.165) is 5.56 Å². The highest BCUT2D eigenvalue weighted by atomic mass is 19.4. The molecule has 8 heteroatoms. The van der Waals surface area contributed by atoms with Crippen molar-refractivity contribution in [3.8, 4) is 5.75 Å². The largest absolute Gasteiger partial charge is 0.496 e. The van der Waals surface area contributed by atoms with Crippen LogP contribution in [0, 0.1) is 6.92 Å². The van der Waals surface area contributed by atoms with Gasteiger partial charge in [-0.05, 0) is 18.6 Å². The number of rotatable bonds is 4. The van der Waals surface area contributed by atoms with Crippen LogP contribution in [-0.2, 0) is 16.9 Å². The number of ether oxygens (including phenoxy) is 1. The zero-order valence-electron chi connectivity index (χ0n) is 14.6. The molecule has 5 nitrogen and oxygen atoms in total. The van der Waals surface area contributed by atoms with Crippen LogP contribution in [0.3, 0.4) is 0 Å². The molecular formula is C19H17F3N2O3. The number of nitrogens with one attached hydrogen (secondary N) is 1. The maximum Gasteiger partial charge on any atom is 0.425 e. The van der Waals surface area contributed by atoms with Gasteiger partial charge in [0.1, 0.15) is 5.75 Å². The summed E-state index contributed by atoms with van der Waals surface area (Å²) < 4.78 is 47.1. The highest BCUT2D eigenvalue weighted by molar-refractivity contribution is 6.08. The Morgan fingerprint density at radius 2 is 1.78 bits per heavy atom. The van der Waals surface area contributed by atoms with Gasteiger partial charge in [0.25, 0.3) is 5.91 Å². The highest BCUT2D eigenvalue weighted by Crippen LogP contribution is 2.44. The van der Waals surface area contributed by atoms with Gasteiger partial charge in [0, 0.05) is 5.56 Å². The summed E-state index contributed by atoms with van der Waals surface area (Å²) in [5.41, 5.74) is -2.19. The van der Waals surface area contributed by atoms with Crippen LogP contribution in [0.2, 0.25) is 0 Å². The maximum absolute atomic E-state index is 14.0. The Kier molecular flexibility index (Phi) is 4.59. The summed E-state index contributed by atoms with van der Waals surface area (Å²) in [6.07, 6.45) is -5.01. The molecule has 0 bridgehead atoms. The minimum Gasteiger partial charge on any atom is -0.496 e. The Hall–Kier alpha value is -3.03. The van der Waals surface area contributed by atoms with E-state index in [1.54, 1.807) is 25.1 Å². The van der Waals surface area contributed by atoms with E-state index >= 15 is 0 Å². The van der Waals surface area contributed by atoms with E-state index in [1.165, 1.54) is 37.4 Å². The second kappa shape index (κ2) is 6.61. The Balaban J connectivity index is 2.05. The summed E-state index contributed by atoms with van der Waals surface area (Å²) in [7, 11) is 1.41. The van der Waals surface area contributed by atoms with Crippen LogP contribution in [0.4, 0.5) is 18.0 Å². The number of carbonyl (C=O) groups is 2. The Bertz CT molecular complexity index is 884. The molecule has 2 aromatic rings. The first-order valence-electron chi connectivity index (χ1n) is 8.10. The van der Waals surface area contributed by atoms with Gasteiger partial charge in [-0.2, -0.15) is 13.2 Å². The summed E-state index contributed by atoms with van der Waals surface area (Å²) in [5, 5.41) is 1.87. The van der Waals surface area contributed by atoms with Crippen molar-refractivity contribution < 1.29 is 27.5 Å². The second-order valence-corrected chi connectivity index (χ2v) is 6.25. The van der Waals surface area contributed by atoms with Gasteiger partial charge in [0.05, 0.1) is 13.7 Å². The normalized spacial score (nSPS) is 20.0. The fourth-order valence-corrected chi connectivity index (χ4v) is 3.16. The van der Waals surface area contributed by atoms with Crippen molar-refractivity contribution in [2.45, 2.75) is 25.2 Å². The van der Waals surface area contributed by atoms with E-state index in [2.05, 4.69) is 0 Å². The first kappa shape index (κ1) is 18.8. The van der Waals surface area contributed by atoms with E-state index in [1.807, 2.05) is 5.32 Å². The number of methoxy groups -OCH3 is 1. The van der Waals surface area contributed by atoms with Crippen LogP contribution in [0.5, 0.6) is 5.75 Å². The van der Waals surface area contributed by atoms with E-state index < -0.39 is 23.7 Å². The van der Waals surface area contributed by atoms with Crippen LogP contribution >= 0.6 is 0 Å². The molecule has 0 aromatic heterocycles. The average molecular weight is 378 g/mol. The molecule has 0 aliphatic carbocycles. The molecule has 3 rings (SSSR count). The Labute approximate surface area is 153 Å². The molecule has 1 aliphatic heterocycles. The lowest BCUT2D eigenvalue weighted by molar-refractivity contribution is -0.198. The predicted octanol–water partition coefficient (Wildman–Crippen LogP) is 3.51. The van der Waals surface area contributed by atoms with Crippen molar-refractivity contribution in [3.63, 3.8) is 0 Å². The third kappa shape index (κ3) is 3.01. The van der Waals surface area contributed by atoms with E-state index in [-0.39, 0.29) is 12.1 Å². The molecule has 1 saturated heterocycles. The SMILES string of the molecule is COc1ccc(C)cc1CN1C(=O)NC(c2ccccc2)(C(F)(F)F)C1=O. The molecule has 0 saturated carbocycles. The second-order valence-electron chi connectivity index (χ2n) is 6.25. The van der Waals surface area contributed by atoms with Gasteiger partial charge in [0.15, 0.2) is 0 Å². The predicted molar refractivity (Wildman–Crippen MR) is 91.0 cm³/mol. The standard InChI is InChI=1S/C19H17F3N2O3/c1-12-8-9-15(27-2)13(10-12)11-24-16(25)18(19(20,21)22,23-17(24)26)14-6-4-3-5-7-14/h3-10H,11H2,1-2H3,(H,23,26). The number of amides is 3. The molecule has 2 aromatic carbocycles. The van der Waals surface area contributed by atoms with Crippen LogP contribution in [0.1, 0.15) is 16.7 Å². The fourth-order valence-electron chi connectivity index (χ4n) is 3.16. The molecule has 1 unspecified atom stereocenters. The highest BCUT2D eigenvalue weighted by Gasteiger charge is 2.68. The van der Waals surface area contributed by atoms with Crippen LogP contribution in [0.15, 0.2) is 48.5 Å². The number of urea groups is 1. The van der Waals surface area contributed by atoms with Gasteiger partial charge < -0.3 is 10.1 Å². The van der Waals surface area contributed by atoms with Gasteiger partial charge in [-0.25, -0.2) is 4.79 Å².